The highest BCUT2D eigenvalue weighted by molar-refractivity contribution is 6.05. The van der Waals surface area contributed by atoms with Crippen molar-refractivity contribution >= 4 is 72.2 Å². The Balaban J connectivity index is -0.000000104. The minimum atomic E-state index is -0.579. The number of cyclic esters (lactones) is 4. The molecule has 1 saturated heterocycles. The standard InChI is InChI=1S/C10H12O3.2C8H10O4.C7H10O2.C4H2O3.3CO2.3H2/c1-5-3-4-6(2)8-7(5)9(11)13-10(8)12;2*1-11-7(9)5-3-4-6-8(10)12-2;1-3-4-5-6-7(8)9-2;5-3-1-2-4(6)7-3;3*2-1-3;;;/h3-8H,1-2H3;2*3-6H,1-2H3;3-6H,1-2H3;1-2H;;;;3*1H/b;5-3+,6-4+;5-3-,6-4+;4-3-,6-5-;;;;;;;/t5-,6+,7-,8+;;;;;;;;;;/i;;;;;;;;3*1+2D. The van der Waals surface area contributed by atoms with Gasteiger partial charge in [-0.3, -0.25) is 9.59 Å². The van der Waals surface area contributed by atoms with Gasteiger partial charge in [0, 0.05) is 51.4 Å². The van der Waals surface area contributed by atoms with Crippen molar-refractivity contribution in [3.63, 3.8) is 0 Å². The van der Waals surface area contributed by atoms with E-state index in [0.717, 1.165) is 12.2 Å². The van der Waals surface area contributed by atoms with Crippen LogP contribution in [0.3, 0.4) is 0 Å². The van der Waals surface area contributed by atoms with Crippen LogP contribution in [-0.2, 0) is 105 Å². The normalized spacial score (nSPS) is 17.5. The van der Waals surface area contributed by atoms with E-state index in [1.54, 1.807) is 12.2 Å². The Morgan fingerprint density at radius 2 is 0.742 bits per heavy atom. The van der Waals surface area contributed by atoms with Crippen LogP contribution in [0, 0.1) is 23.7 Å². The molecule has 0 aromatic heterocycles. The Hall–Kier alpha value is -8.31. The zero-order valence-corrected chi connectivity index (χ0v) is 34.5. The molecule has 0 spiro atoms. The highest BCUT2D eigenvalue weighted by atomic mass is 16.6. The number of hydrogen-bond acceptors (Lipinski definition) is 22. The van der Waals surface area contributed by atoms with E-state index in [9.17, 15) is 43.2 Å². The number of allylic oxidation sites excluding steroid dienone is 9. The van der Waals surface area contributed by atoms with Gasteiger partial charge in [0.1, 0.15) is 0 Å². The number of rotatable bonds is 8. The number of fused-ring (bicyclic) bond motifs is 1. The second-order valence-corrected chi connectivity index (χ2v) is 10.2. The van der Waals surface area contributed by atoms with Gasteiger partial charge in [-0.25, -0.2) is 33.6 Å². The summed E-state index contributed by atoms with van der Waals surface area (Å²) >= 11 is 0. The molecule has 0 radical (unpaired) electrons. The van der Waals surface area contributed by atoms with Crippen LogP contribution >= 0.6 is 0 Å². The Labute approximate surface area is 363 Å². The van der Waals surface area contributed by atoms with Crippen molar-refractivity contribution in [2.45, 2.75) is 20.8 Å². The predicted octanol–water partition coefficient (Wildman–Crippen LogP) is 1.94. The average Bonchev–Trinajstić information content (AvgIpc) is 3.89. The van der Waals surface area contributed by atoms with E-state index in [1.165, 1.54) is 90.2 Å². The van der Waals surface area contributed by atoms with E-state index in [4.69, 9.17) is 37.7 Å². The Bertz CT molecular complexity index is 1660. The zero-order valence-electron chi connectivity index (χ0n) is 40.5. The fourth-order valence-electron chi connectivity index (χ4n) is 3.63. The van der Waals surface area contributed by atoms with Crippen molar-refractivity contribution < 1.29 is 114 Å². The minimum Gasteiger partial charge on any atom is -0.466 e. The third-order valence-electron chi connectivity index (χ3n) is 6.23. The van der Waals surface area contributed by atoms with E-state index in [0.29, 0.717) is 0 Å². The number of hydrogen-bond donors (Lipinski definition) is 0. The van der Waals surface area contributed by atoms with Crippen molar-refractivity contribution in [3.05, 3.63) is 97.2 Å². The molecule has 2 aliphatic heterocycles. The van der Waals surface area contributed by atoms with E-state index >= 15 is 0 Å². The molecular weight excluding hydrogens is 832 g/mol. The third kappa shape index (κ3) is 38.6. The molecular formula is C40H50O22. The first kappa shape index (κ1) is 55.8. The lowest BCUT2D eigenvalue weighted by atomic mass is 9.73. The molecule has 3 rings (SSSR count). The quantitative estimate of drug-likeness (QED) is 0.0839. The fourth-order valence-corrected chi connectivity index (χ4v) is 3.63. The van der Waals surface area contributed by atoms with Gasteiger partial charge in [-0.1, -0.05) is 68.5 Å². The summed E-state index contributed by atoms with van der Waals surface area (Å²) in [7, 11) is 6.45. The summed E-state index contributed by atoms with van der Waals surface area (Å²) in [4.78, 5) is 143. The van der Waals surface area contributed by atoms with E-state index < -0.39 is 35.8 Å². The summed E-state index contributed by atoms with van der Waals surface area (Å²) in [6.45, 7) is 5.77. The monoisotopic (exact) mass is 891 g/mol. The molecule has 0 unspecified atom stereocenters. The minimum absolute atomic E-state index is 0.125. The molecule has 0 bridgehead atoms. The summed E-state index contributed by atoms with van der Waals surface area (Å²) in [5.41, 5.74) is 0. The van der Waals surface area contributed by atoms with Gasteiger partial charge in [0.05, 0.1) is 47.4 Å². The van der Waals surface area contributed by atoms with Crippen molar-refractivity contribution in [1.82, 2.24) is 0 Å². The summed E-state index contributed by atoms with van der Waals surface area (Å²) < 4.78 is 60.2. The number of carbonyl (C=O) groups excluding carboxylic acids is 15. The zero-order chi connectivity index (χ0) is 54.9. The molecule has 0 aromatic rings. The SMILES string of the molecule is C/C=C\C=C/C(=O)OC.COC(=O)/C=C/C=C/C(=O)OC.COC(=O)/C=C\C=C\C(=O)OC.C[C@@H]1C=C[C@H](C)[C@@H]2C(=O)OC(=O)[C@@H]21.O=C1C=CC(=O)O1.O=C=O.O=C=O.O=C=O.[2H][3H].[2H][3H].[2H][3H]. The van der Waals surface area contributed by atoms with Gasteiger partial charge in [0.25, 0.3) is 0 Å². The smallest absolute Gasteiger partial charge is 0.373 e. The Kier molecular flexibility index (Phi) is 39.4. The maximum absolute atomic E-state index is 11.3. The van der Waals surface area contributed by atoms with E-state index in [1.807, 2.05) is 39.0 Å². The van der Waals surface area contributed by atoms with Gasteiger partial charge in [-0.15, -0.1) is 0 Å². The summed E-state index contributed by atoms with van der Waals surface area (Å²) in [5, 5.41) is 0. The third-order valence-corrected chi connectivity index (χ3v) is 6.23. The molecule has 0 aromatic carbocycles. The van der Waals surface area contributed by atoms with E-state index in [2.05, 4.69) is 33.2 Å². The molecule has 0 amide bonds. The van der Waals surface area contributed by atoms with Crippen LogP contribution in [0.4, 0.5) is 0 Å². The topological polar surface area (TPSA) is 321 Å². The van der Waals surface area contributed by atoms with Gasteiger partial charge in [-0.2, -0.15) is 28.8 Å². The van der Waals surface area contributed by atoms with Gasteiger partial charge in [0.15, 0.2) is 0 Å². The van der Waals surface area contributed by atoms with Crippen molar-refractivity contribution in [3.8, 4) is 0 Å². The van der Waals surface area contributed by atoms with Crippen LogP contribution in [0.15, 0.2) is 97.2 Å². The molecule has 2 heterocycles. The van der Waals surface area contributed by atoms with Gasteiger partial charge >= 0.3 is 72.2 Å². The molecule has 22 heteroatoms. The van der Waals surface area contributed by atoms with Crippen LogP contribution in [0.25, 0.3) is 0 Å². The number of carbonyl (C=O) groups is 9. The van der Waals surface area contributed by atoms with Gasteiger partial charge in [0.2, 0.25) is 0 Å². The van der Waals surface area contributed by atoms with E-state index in [-0.39, 0.29) is 60.0 Å². The van der Waals surface area contributed by atoms with Crippen LogP contribution in [0.2, 0.25) is 0 Å². The molecule has 62 heavy (non-hydrogen) atoms. The first-order valence-electron chi connectivity index (χ1n) is 19.6. The summed E-state index contributed by atoms with van der Waals surface area (Å²) in [6, 6.07) is 0. The summed E-state index contributed by atoms with van der Waals surface area (Å²) in [6.07, 6.45) is 23.8. The fraction of sp³-hybridized carbons (Fsp3) is 0.300. The van der Waals surface area contributed by atoms with Crippen molar-refractivity contribution in [1.29, 1.82) is 0 Å². The maximum Gasteiger partial charge on any atom is 0.373 e. The largest absolute Gasteiger partial charge is 0.466 e. The molecule has 342 valence electrons. The first-order chi connectivity index (χ1) is 32.4. The summed E-state index contributed by atoms with van der Waals surface area (Å²) in [5.74, 6) is -4.29. The predicted molar refractivity (Wildman–Crippen MR) is 208 cm³/mol. The Morgan fingerprint density at radius 1 is 0.516 bits per heavy atom. The molecule has 1 aliphatic carbocycles. The van der Waals surface area contributed by atoms with Crippen LogP contribution < -0.4 is 0 Å². The van der Waals surface area contributed by atoms with Crippen molar-refractivity contribution in [2.24, 2.45) is 23.7 Å². The van der Waals surface area contributed by atoms with Gasteiger partial charge < -0.3 is 33.2 Å². The lowest BCUT2D eigenvalue weighted by molar-refractivity contribution is -0.193. The average molecular weight is 892 g/mol. The lowest BCUT2D eigenvalue weighted by Crippen LogP contribution is -2.31. The Morgan fingerprint density at radius 3 is 0.919 bits per heavy atom. The second kappa shape index (κ2) is 43.8. The van der Waals surface area contributed by atoms with Crippen molar-refractivity contribution in [2.75, 3.05) is 35.5 Å². The highest BCUT2D eigenvalue weighted by Crippen LogP contribution is 2.39. The first-order valence-corrected chi connectivity index (χ1v) is 16.6. The maximum atomic E-state index is 11.3. The number of methoxy groups -OCH3 is 5. The molecule has 0 saturated carbocycles. The van der Waals surface area contributed by atoms with Crippen LogP contribution in [0.5, 0.6) is 0 Å². The van der Waals surface area contributed by atoms with Gasteiger partial charge in [-0.05, 0) is 18.8 Å². The van der Waals surface area contributed by atoms with Crippen LogP contribution in [-0.4, -0.2) is 108 Å². The number of esters is 9. The second-order valence-electron chi connectivity index (χ2n) is 10.2. The lowest BCUT2D eigenvalue weighted by Gasteiger charge is -2.26. The molecule has 0 N–H and O–H groups in total. The molecule has 4 atom stereocenters. The highest BCUT2D eigenvalue weighted by Gasteiger charge is 2.49. The van der Waals surface area contributed by atoms with Crippen LogP contribution in [0.1, 0.15) is 29.7 Å². The molecule has 3 aliphatic rings. The molecule has 22 nitrogen and oxygen atoms in total. The molecule has 1 fully saturated rings. The number of ether oxygens (including phenoxy) is 7.